The van der Waals surface area contributed by atoms with Crippen LogP contribution in [0.2, 0.25) is 0 Å². The number of alkyl halides is 1. The van der Waals surface area contributed by atoms with Crippen LogP contribution in [0.5, 0.6) is 0 Å². The van der Waals surface area contributed by atoms with E-state index in [4.69, 9.17) is 23.1 Å². The van der Waals surface area contributed by atoms with Crippen LogP contribution in [-0.4, -0.2) is 15.0 Å². The zero-order valence-electron chi connectivity index (χ0n) is 5.95. The third-order valence-corrected chi connectivity index (χ3v) is 1.24. The zero-order valence-corrected chi connectivity index (χ0v) is 6.71. The van der Waals surface area contributed by atoms with Crippen LogP contribution < -0.4 is 11.5 Å². The van der Waals surface area contributed by atoms with Crippen molar-refractivity contribution in [2.45, 2.75) is 12.3 Å². The molecule has 0 aliphatic heterocycles. The quantitative estimate of drug-likeness (QED) is 0.598. The molecule has 6 heteroatoms. The Morgan fingerprint density at radius 3 is 2.00 bits per heavy atom. The molecule has 0 bridgehead atoms. The minimum absolute atomic E-state index is 0.0972. The molecule has 1 unspecified atom stereocenters. The van der Waals surface area contributed by atoms with Gasteiger partial charge in [0.05, 0.1) is 5.38 Å². The van der Waals surface area contributed by atoms with Crippen LogP contribution in [0.1, 0.15) is 18.1 Å². The number of nitrogen functional groups attached to an aromatic ring is 2. The van der Waals surface area contributed by atoms with Gasteiger partial charge in [-0.25, -0.2) is 0 Å². The van der Waals surface area contributed by atoms with Gasteiger partial charge in [0.15, 0.2) is 5.82 Å². The van der Waals surface area contributed by atoms with Crippen molar-refractivity contribution in [1.82, 2.24) is 15.0 Å². The Bertz CT molecular complexity index is 241. The van der Waals surface area contributed by atoms with Crippen molar-refractivity contribution in [2.24, 2.45) is 0 Å². The van der Waals surface area contributed by atoms with E-state index >= 15 is 0 Å². The van der Waals surface area contributed by atoms with Gasteiger partial charge >= 0.3 is 0 Å². The summed E-state index contributed by atoms with van der Waals surface area (Å²) in [5, 5.41) is -0.303. The number of hydrogen-bond acceptors (Lipinski definition) is 5. The Balaban J connectivity index is 3.08. The number of anilines is 2. The highest BCUT2D eigenvalue weighted by molar-refractivity contribution is 6.20. The fourth-order valence-electron chi connectivity index (χ4n) is 0.605. The Labute approximate surface area is 68.8 Å². The molecule has 0 saturated heterocycles. The standard InChI is InChI=1S/C5H8ClN5/c1-2(6)3-9-4(7)11-5(8)10-3/h2H,1H3,(H4,7,8,9,10,11). The predicted octanol–water partition coefficient (Wildman–Crippen LogP) is 0.336. The Morgan fingerprint density at radius 1 is 1.18 bits per heavy atom. The summed E-state index contributed by atoms with van der Waals surface area (Å²) < 4.78 is 0. The first-order chi connectivity index (χ1) is 5.09. The van der Waals surface area contributed by atoms with Gasteiger partial charge < -0.3 is 11.5 Å². The topological polar surface area (TPSA) is 90.7 Å². The van der Waals surface area contributed by atoms with E-state index in [2.05, 4.69) is 15.0 Å². The van der Waals surface area contributed by atoms with Crippen LogP contribution in [0.4, 0.5) is 11.9 Å². The van der Waals surface area contributed by atoms with Gasteiger partial charge in [-0.05, 0) is 6.92 Å². The number of halogens is 1. The van der Waals surface area contributed by atoms with Crippen LogP contribution >= 0.6 is 11.6 Å². The zero-order chi connectivity index (χ0) is 8.43. The lowest BCUT2D eigenvalue weighted by Gasteiger charge is -2.01. The summed E-state index contributed by atoms with van der Waals surface area (Å²) >= 11 is 5.68. The fraction of sp³-hybridized carbons (Fsp3) is 0.400. The molecular formula is C5H8ClN5. The smallest absolute Gasteiger partial charge is 0.225 e. The minimum Gasteiger partial charge on any atom is -0.368 e. The molecule has 1 aromatic rings. The Hall–Kier alpha value is -1.10. The largest absolute Gasteiger partial charge is 0.368 e. The second-order valence-electron chi connectivity index (χ2n) is 2.03. The molecule has 4 N–H and O–H groups in total. The van der Waals surface area contributed by atoms with Crippen molar-refractivity contribution >= 4 is 23.5 Å². The van der Waals surface area contributed by atoms with Crippen molar-refractivity contribution < 1.29 is 0 Å². The van der Waals surface area contributed by atoms with Crippen molar-refractivity contribution in [3.8, 4) is 0 Å². The minimum atomic E-state index is -0.303. The normalized spacial score (nSPS) is 12.9. The van der Waals surface area contributed by atoms with Gasteiger partial charge in [-0.3, -0.25) is 0 Å². The maximum Gasteiger partial charge on any atom is 0.225 e. The van der Waals surface area contributed by atoms with E-state index in [0.717, 1.165) is 0 Å². The fourth-order valence-corrected chi connectivity index (χ4v) is 0.703. The van der Waals surface area contributed by atoms with Gasteiger partial charge in [0, 0.05) is 0 Å². The number of rotatable bonds is 1. The third-order valence-electron chi connectivity index (χ3n) is 1.04. The lowest BCUT2D eigenvalue weighted by Crippen LogP contribution is -2.06. The van der Waals surface area contributed by atoms with Crippen molar-refractivity contribution in [2.75, 3.05) is 11.5 Å². The molecule has 1 rings (SSSR count). The van der Waals surface area contributed by atoms with E-state index in [1.54, 1.807) is 6.92 Å². The average molecular weight is 174 g/mol. The Morgan fingerprint density at radius 2 is 1.64 bits per heavy atom. The first kappa shape index (κ1) is 8.00. The highest BCUT2D eigenvalue weighted by atomic mass is 35.5. The van der Waals surface area contributed by atoms with Crippen LogP contribution in [0, 0.1) is 0 Å². The van der Waals surface area contributed by atoms with E-state index in [0.29, 0.717) is 5.82 Å². The molecule has 0 saturated carbocycles. The summed E-state index contributed by atoms with van der Waals surface area (Å²) in [6.07, 6.45) is 0. The first-order valence-corrected chi connectivity index (χ1v) is 3.44. The maximum absolute atomic E-state index is 5.68. The monoisotopic (exact) mass is 173 g/mol. The molecule has 0 amide bonds. The van der Waals surface area contributed by atoms with E-state index in [1.165, 1.54) is 0 Å². The van der Waals surface area contributed by atoms with Crippen LogP contribution in [-0.2, 0) is 0 Å². The van der Waals surface area contributed by atoms with Crippen molar-refractivity contribution in [3.63, 3.8) is 0 Å². The molecule has 0 aromatic carbocycles. The molecular weight excluding hydrogens is 166 g/mol. The van der Waals surface area contributed by atoms with E-state index < -0.39 is 0 Å². The van der Waals surface area contributed by atoms with Gasteiger partial charge in [-0.1, -0.05) is 0 Å². The van der Waals surface area contributed by atoms with Crippen molar-refractivity contribution in [1.29, 1.82) is 0 Å². The summed E-state index contributed by atoms with van der Waals surface area (Å²) in [5.41, 5.74) is 10.6. The molecule has 1 atom stereocenters. The van der Waals surface area contributed by atoms with E-state index in [1.807, 2.05) is 0 Å². The summed E-state index contributed by atoms with van der Waals surface area (Å²) in [6.45, 7) is 1.73. The van der Waals surface area contributed by atoms with Gasteiger partial charge in [-0.15, -0.1) is 11.6 Å². The van der Waals surface area contributed by atoms with Gasteiger partial charge in [0.2, 0.25) is 11.9 Å². The molecule has 0 spiro atoms. The number of nitrogens with two attached hydrogens (primary N) is 2. The van der Waals surface area contributed by atoms with E-state index in [-0.39, 0.29) is 17.3 Å². The molecule has 0 aliphatic rings. The van der Waals surface area contributed by atoms with Crippen LogP contribution in [0.25, 0.3) is 0 Å². The van der Waals surface area contributed by atoms with E-state index in [9.17, 15) is 0 Å². The molecule has 5 nitrogen and oxygen atoms in total. The van der Waals surface area contributed by atoms with Crippen molar-refractivity contribution in [3.05, 3.63) is 5.82 Å². The predicted molar refractivity (Wildman–Crippen MR) is 42.9 cm³/mol. The number of hydrogen-bond donors (Lipinski definition) is 2. The Kier molecular flexibility index (Phi) is 2.09. The molecule has 11 heavy (non-hydrogen) atoms. The molecule has 0 fully saturated rings. The maximum atomic E-state index is 5.68. The molecule has 0 aliphatic carbocycles. The highest BCUT2D eigenvalue weighted by Crippen LogP contribution is 2.15. The van der Waals surface area contributed by atoms with Gasteiger partial charge in [0.25, 0.3) is 0 Å². The second kappa shape index (κ2) is 2.87. The van der Waals surface area contributed by atoms with Gasteiger partial charge in [-0.2, -0.15) is 15.0 Å². The number of aromatic nitrogens is 3. The number of nitrogens with zero attached hydrogens (tertiary/aromatic N) is 3. The lowest BCUT2D eigenvalue weighted by atomic mass is 10.4. The lowest BCUT2D eigenvalue weighted by molar-refractivity contribution is 0.891. The molecule has 0 radical (unpaired) electrons. The van der Waals surface area contributed by atoms with Gasteiger partial charge in [0.1, 0.15) is 0 Å². The summed E-state index contributed by atoms with van der Waals surface area (Å²) in [4.78, 5) is 11.1. The summed E-state index contributed by atoms with van der Waals surface area (Å²) in [6, 6.07) is 0. The first-order valence-electron chi connectivity index (χ1n) is 3.00. The molecule has 1 aromatic heterocycles. The highest BCUT2D eigenvalue weighted by Gasteiger charge is 2.06. The third kappa shape index (κ3) is 1.91. The molecule has 60 valence electrons. The SMILES string of the molecule is CC(Cl)c1nc(N)nc(N)n1. The second-order valence-corrected chi connectivity index (χ2v) is 2.68. The van der Waals surface area contributed by atoms with Crippen LogP contribution in [0.15, 0.2) is 0 Å². The average Bonchev–Trinajstić information content (AvgIpc) is 1.85. The summed E-state index contributed by atoms with van der Waals surface area (Å²) in [7, 11) is 0. The summed E-state index contributed by atoms with van der Waals surface area (Å²) in [5.74, 6) is 0.594. The molecule has 1 heterocycles. The van der Waals surface area contributed by atoms with Crippen LogP contribution in [0.3, 0.4) is 0 Å².